The number of hydrogen-bond acceptors (Lipinski definition) is 4. The number of fused-ring (bicyclic) bond motifs is 1. The number of amides is 1. The summed E-state index contributed by atoms with van der Waals surface area (Å²) in [6, 6.07) is 9.63. The SMILES string of the molecule is O=C(COCc1ccccc1)N1C[C@@H]2COCC[C@]2(C(=O)O)C1. The normalized spacial score (nSPS) is 26.8. The van der Waals surface area contributed by atoms with Gasteiger partial charge in [0.2, 0.25) is 5.91 Å². The molecule has 3 rings (SSSR count). The lowest BCUT2D eigenvalue weighted by Gasteiger charge is -2.33. The van der Waals surface area contributed by atoms with Crippen molar-refractivity contribution in [3.8, 4) is 0 Å². The lowest BCUT2D eigenvalue weighted by Crippen LogP contribution is -2.45. The van der Waals surface area contributed by atoms with E-state index < -0.39 is 11.4 Å². The van der Waals surface area contributed by atoms with E-state index in [0.717, 1.165) is 5.56 Å². The fourth-order valence-corrected chi connectivity index (χ4v) is 3.41. The van der Waals surface area contributed by atoms with Crippen LogP contribution >= 0.6 is 0 Å². The number of carbonyl (C=O) groups is 2. The van der Waals surface area contributed by atoms with Gasteiger partial charge in [-0.1, -0.05) is 30.3 Å². The first-order valence-electron chi connectivity index (χ1n) is 7.82. The third kappa shape index (κ3) is 3.23. The predicted molar refractivity (Wildman–Crippen MR) is 81.7 cm³/mol. The second kappa shape index (κ2) is 6.68. The molecule has 6 nitrogen and oxygen atoms in total. The number of hydrogen-bond donors (Lipinski definition) is 1. The number of aliphatic carboxylic acids is 1. The number of ether oxygens (including phenoxy) is 2. The number of carbonyl (C=O) groups excluding carboxylic acids is 1. The van der Waals surface area contributed by atoms with Gasteiger partial charge in [-0.25, -0.2) is 0 Å². The van der Waals surface area contributed by atoms with E-state index in [1.807, 2.05) is 30.3 Å². The Labute approximate surface area is 135 Å². The second-order valence-electron chi connectivity index (χ2n) is 6.24. The Hall–Kier alpha value is -1.92. The number of nitrogens with zero attached hydrogens (tertiary/aromatic N) is 1. The zero-order valence-electron chi connectivity index (χ0n) is 12.9. The first kappa shape index (κ1) is 16.0. The lowest BCUT2D eigenvalue weighted by atomic mass is 9.74. The van der Waals surface area contributed by atoms with Gasteiger partial charge in [-0.2, -0.15) is 0 Å². The van der Waals surface area contributed by atoms with Gasteiger partial charge >= 0.3 is 5.97 Å². The third-order valence-corrected chi connectivity index (χ3v) is 4.82. The van der Waals surface area contributed by atoms with Gasteiger partial charge in [0.1, 0.15) is 6.61 Å². The summed E-state index contributed by atoms with van der Waals surface area (Å²) < 4.78 is 10.9. The van der Waals surface area contributed by atoms with Gasteiger partial charge in [0.05, 0.1) is 18.6 Å². The van der Waals surface area contributed by atoms with Gasteiger partial charge in [-0.05, 0) is 12.0 Å². The summed E-state index contributed by atoms with van der Waals surface area (Å²) in [5.41, 5.74) is 0.152. The molecule has 2 heterocycles. The molecule has 2 aliphatic rings. The number of benzene rings is 1. The summed E-state index contributed by atoms with van der Waals surface area (Å²) in [6.45, 7) is 1.87. The van der Waals surface area contributed by atoms with Crippen molar-refractivity contribution in [1.29, 1.82) is 0 Å². The van der Waals surface area contributed by atoms with Crippen molar-refractivity contribution in [2.45, 2.75) is 13.0 Å². The van der Waals surface area contributed by atoms with Gasteiger partial charge in [0.25, 0.3) is 0 Å². The molecule has 2 fully saturated rings. The fourth-order valence-electron chi connectivity index (χ4n) is 3.41. The second-order valence-corrected chi connectivity index (χ2v) is 6.24. The lowest BCUT2D eigenvalue weighted by molar-refractivity contribution is -0.157. The average molecular weight is 319 g/mol. The largest absolute Gasteiger partial charge is 0.481 e. The molecule has 1 N–H and O–H groups in total. The molecule has 0 radical (unpaired) electrons. The van der Waals surface area contributed by atoms with Crippen LogP contribution in [0.15, 0.2) is 30.3 Å². The van der Waals surface area contributed by atoms with Gasteiger partial charge in [0.15, 0.2) is 0 Å². The number of carboxylic acid groups (broad SMARTS) is 1. The molecule has 0 bridgehead atoms. The molecule has 0 aliphatic carbocycles. The van der Waals surface area contributed by atoms with E-state index in [1.165, 1.54) is 0 Å². The van der Waals surface area contributed by atoms with E-state index in [4.69, 9.17) is 9.47 Å². The number of carboxylic acids is 1. The first-order valence-corrected chi connectivity index (χ1v) is 7.82. The summed E-state index contributed by atoms with van der Waals surface area (Å²) in [5.74, 6) is -1.12. The molecule has 124 valence electrons. The highest BCUT2D eigenvalue weighted by Crippen LogP contribution is 2.42. The van der Waals surface area contributed by atoms with Crippen LogP contribution in [0.25, 0.3) is 0 Å². The molecule has 0 saturated carbocycles. The molecule has 1 amide bonds. The van der Waals surface area contributed by atoms with Crippen molar-refractivity contribution in [2.75, 3.05) is 32.9 Å². The van der Waals surface area contributed by atoms with E-state index in [9.17, 15) is 14.7 Å². The monoisotopic (exact) mass is 319 g/mol. The zero-order valence-corrected chi connectivity index (χ0v) is 12.9. The van der Waals surface area contributed by atoms with Crippen molar-refractivity contribution in [3.05, 3.63) is 35.9 Å². The van der Waals surface area contributed by atoms with E-state index in [-0.39, 0.29) is 25.0 Å². The summed E-state index contributed by atoms with van der Waals surface area (Å²) >= 11 is 0. The summed E-state index contributed by atoms with van der Waals surface area (Å²) in [7, 11) is 0. The van der Waals surface area contributed by atoms with Crippen LogP contribution in [0.1, 0.15) is 12.0 Å². The van der Waals surface area contributed by atoms with Gasteiger partial charge in [0, 0.05) is 25.6 Å². The van der Waals surface area contributed by atoms with Crippen molar-refractivity contribution in [1.82, 2.24) is 4.90 Å². The van der Waals surface area contributed by atoms with Crippen LogP contribution in [0, 0.1) is 11.3 Å². The van der Waals surface area contributed by atoms with Crippen LogP contribution in [-0.2, 0) is 25.7 Å². The van der Waals surface area contributed by atoms with Crippen LogP contribution in [0.3, 0.4) is 0 Å². The van der Waals surface area contributed by atoms with Crippen LogP contribution in [0.5, 0.6) is 0 Å². The van der Waals surface area contributed by atoms with Crippen LogP contribution in [-0.4, -0.2) is 54.8 Å². The molecule has 2 atom stereocenters. The molecule has 6 heteroatoms. The number of rotatable bonds is 5. The maximum Gasteiger partial charge on any atom is 0.311 e. The molecule has 1 aromatic carbocycles. The highest BCUT2D eigenvalue weighted by atomic mass is 16.5. The Bertz CT molecular complexity index is 576. The molecule has 0 spiro atoms. The minimum Gasteiger partial charge on any atom is -0.481 e. The molecular formula is C17H21NO5. The predicted octanol–water partition coefficient (Wildman–Crippen LogP) is 1.15. The molecule has 2 aliphatic heterocycles. The maximum atomic E-state index is 12.3. The Balaban J connectivity index is 1.55. The minimum atomic E-state index is -0.854. The van der Waals surface area contributed by atoms with E-state index in [0.29, 0.717) is 32.8 Å². The topological polar surface area (TPSA) is 76.1 Å². The standard InChI is InChI=1S/C17H21NO5/c19-15(11-23-9-13-4-2-1-3-5-13)18-8-14-10-22-7-6-17(14,12-18)16(20)21/h1-5,14H,6-12H2,(H,20,21)/t14-,17+/m1/s1. The highest BCUT2D eigenvalue weighted by Gasteiger charge is 2.54. The van der Waals surface area contributed by atoms with E-state index >= 15 is 0 Å². The zero-order chi connectivity index (χ0) is 16.3. The molecule has 23 heavy (non-hydrogen) atoms. The van der Waals surface area contributed by atoms with E-state index in [1.54, 1.807) is 4.90 Å². The summed E-state index contributed by atoms with van der Waals surface area (Å²) in [4.78, 5) is 25.6. The first-order chi connectivity index (χ1) is 11.1. The van der Waals surface area contributed by atoms with Gasteiger partial charge in [-0.3, -0.25) is 9.59 Å². The Morgan fingerprint density at radius 2 is 2.13 bits per heavy atom. The number of likely N-dealkylation sites (tertiary alicyclic amines) is 1. The van der Waals surface area contributed by atoms with Gasteiger partial charge in [-0.15, -0.1) is 0 Å². The molecule has 0 aromatic heterocycles. The smallest absolute Gasteiger partial charge is 0.311 e. The Morgan fingerprint density at radius 1 is 1.35 bits per heavy atom. The summed E-state index contributed by atoms with van der Waals surface area (Å²) in [5, 5.41) is 9.60. The average Bonchev–Trinajstić information content (AvgIpc) is 2.97. The van der Waals surface area contributed by atoms with Crippen LogP contribution in [0.2, 0.25) is 0 Å². The minimum absolute atomic E-state index is 0.0296. The highest BCUT2D eigenvalue weighted by molar-refractivity contribution is 5.82. The maximum absolute atomic E-state index is 12.3. The van der Waals surface area contributed by atoms with E-state index in [2.05, 4.69) is 0 Å². The Morgan fingerprint density at radius 3 is 2.83 bits per heavy atom. The quantitative estimate of drug-likeness (QED) is 0.881. The van der Waals surface area contributed by atoms with Crippen molar-refractivity contribution in [2.24, 2.45) is 11.3 Å². The molecular weight excluding hydrogens is 298 g/mol. The van der Waals surface area contributed by atoms with Crippen LogP contribution < -0.4 is 0 Å². The fraction of sp³-hybridized carbons (Fsp3) is 0.529. The summed E-state index contributed by atoms with van der Waals surface area (Å²) in [6.07, 6.45) is 0.460. The van der Waals surface area contributed by atoms with Gasteiger partial charge < -0.3 is 19.5 Å². The van der Waals surface area contributed by atoms with Crippen molar-refractivity contribution < 1.29 is 24.2 Å². The molecule has 1 aromatic rings. The van der Waals surface area contributed by atoms with Crippen molar-refractivity contribution in [3.63, 3.8) is 0 Å². The molecule has 2 saturated heterocycles. The van der Waals surface area contributed by atoms with Crippen LogP contribution in [0.4, 0.5) is 0 Å². The molecule has 0 unspecified atom stereocenters. The van der Waals surface area contributed by atoms with Crippen molar-refractivity contribution >= 4 is 11.9 Å². The Kier molecular flexibility index (Phi) is 4.63. The third-order valence-electron chi connectivity index (χ3n) is 4.82.